The van der Waals surface area contributed by atoms with Crippen LogP contribution in [0.25, 0.3) is 10.4 Å². The van der Waals surface area contributed by atoms with E-state index in [4.69, 9.17) is 5.53 Å². The Hall–Kier alpha value is -2.08. The van der Waals surface area contributed by atoms with E-state index in [1.54, 1.807) is 0 Å². The predicted octanol–water partition coefficient (Wildman–Crippen LogP) is 0.239. The summed E-state index contributed by atoms with van der Waals surface area (Å²) in [6.07, 6.45) is 0. The molecule has 1 amide bonds. The van der Waals surface area contributed by atoms with Crippen molar-refractivity contribution in [3.8, 4) is 0 Å². The molecule has 1 aromatic rings. The van der Waals surface area contributed by atoms with E-state index in [9.17, 15) is 4.79 Å². The van der Waals surface area contributed by atoms with E-state index < -0.39 is 5.91 Å². The van der Waals surface area contributed by atoms with Gasteiger partial charge in [-0.15, -0.1) is 0 Å². The first-order chi connectivity index (χ1) is 6.27. The van der Waals surface area contributed by atoms with Gasteiger partial charge in [0.05, 0.1) is 6.54 Å². The van der Waals surface area contributed by atoms with E-state index in [1.807, 2.05) is 0 Å². The van der Waals surface area contributed by atoms with Crippen LogP contribution >= 0.6 is 0 Å². The standard InChI is InChI=1S/C5H6N6O2/c1-7-4(12)5-9-3(10-13-5)2-8-11-6/h2H2,1H3,(H,7,12). The molecule has 8 nitrogen and oxygen atoms in total. The maximum absolute atomic E-state index is 10.9. The third-order valence-corrected chi connectivity index (χ3v) is 1.16. The monoisotopic (exact) mass is 182 g/mol. The second kappa shape index (κ2) is 4.07. The summed E-state index contributed by atoms with van der Waals surface area (Å²) in [5.41, 5.74) is 7.98. The van der Waals surface area contributed by atoms with Gasteiger partial charge in [0, 0.05) is 12.0 Å². The Kier molecular flexibility index (Phi) is 2.82. The van der Waals surface area contributed by atoms with Crippen LogP contribution in [0.5, 0.6) is 0 Å². The van der Waals surface area contributed by atoms with Crippen LogP contribution in [-0.4, -0.2) is 23.1 Å². The van der Waals surface area contributed by atoms with Gasteiger partial charge in [0.1, 0.15) is 0 Å². The SMILES string of the molecule is CNC(=O)c1nc(CN=[N+]=[N-])no1. The lowest BCUT2D eigenvalue weighted by atomic mass is 10.6. The molecule has 0 unspecified atom stereocenters. The first-order valence-corrected chi connectivity index (χ1v) is 3.33. The zero-order chi connectivity index (χ0) is 9.68. The number of hydrogen-bond donors (Lipinski definition) is 1. The van der Waals surface area contributed by atoms with Crippen molar-refractivity contribution in [1.82, 2.24) is 15.5 Å². The van der Waals surface area contributed by atoms with Crippen LogP contribution < -0.4 is 5.32 Å². The van der Waals surface area contributed by atoms with Crippen molar-refractivity contribution in [1.29, 1.82) is 0 Å². The zero-order valence-electron chi connectivity index (χ0n) is 6.76. The van der Waals surface area contributed by atoms with Crippen molar-refractivity contribution in [3.63, 3.8) is 0 Å². The molecule has 1 aromatic heterocycles. The minimum atomic E-state index is -0.473. The third-order valence-electron chi connectivity index (χ3n) is 1.16. The average Bonchev–Trinajstić information content (AvgIpc) is 2.62. The molecule has 13 heavy (non-hydrogen) atoms. The second-order valence-electron chi connectivity index (χ2n) is 1.98. The second-order valence-corrected chi connectivity index (χ2v) is 1.98. The Morgan fingerprint density at radius 1 is 1.85 bits per heavy atom. The van der Waals surface area contributed by atoms with E-state index in [2.05, 4.69) is 30.0 Å². The molecule has 0 fully saturated rings. The fourth-order valence-electron chi connectivity index (χ4n) is 0.612. The summed E-state index contributed by atoms with van der Waals surface area (Å²) in [6, 6.07) is 0. The van der Waals surface area contributed by atoms with E-state index >= 15 is 0 Å². The van der Waals surface area contributed by atoms with Crippen LogP contribution in [0.3, 0.4) is 0 Å². The highest BCUT2D eigenvalue weighted by molar-refractivity contribution is 5.89. The predicted molar refractivity (Wildman–Crippen MR) is 40.5 cm³/mol. The fraction of sp³-hybridized carbons (Fsp3) is 0.400. The van der Waals surface area contributed by atoms with Gasteiger partial charge < -0.3 is 9.84 Å². The van der Waals surface area contributed by atoms with Crippen molar-refractivity contribution >= 4 is 5.91 Å². The maximum Gasteiger partial charge on any atom is 0.315 e. The Morgan fingerprint density at radius 3 is 3.23 bits per heavy atom. The van der Waals surface area contributed by atoms with Gasteiger partial charge >= 0.3 is 11.8 Å². The summed E-state index contributed by atoms with van der Waals surface area (Å²) in [7, 11) is 1.44. The number of nitrogens with one attached hydrogen (secondary N) is 1. The molecule has 0 atom stereocenters. The normalized spacial score (nSPS) is 9.00. The van der Waals surface area contributed by atoms with Gasteiger partial charge in [-0.25, -0.2) is 0 Å². The molecule has 68 valence electrons. The number of amides is 1. The third kappa shape index (κ3) is 2.17. The lowest BCUT2D eigenvalue weighted by Crippen LogP contribution is -2.18. The van der Waals surface area contributed by atoms with Crippen LogP contribution in [0.15, 0.2) is 9.64 Å². The number of carbonyl (C=O) groups is 1. The highest BCUT2D eigenvalue weighted by Crippen LogP contribution is 1.98. The lowest BCUT2D eigenvalue weighted by molar-refractivity contribution is 0.0919. The molecule has 0 bridgehead atoms. The Bertz CT molecular complexity index is 352. The van der Waals surface area contributed by atoms with Gasteiger partial charge in [-0.05, 0) is 5.53 Å². The Labute approximate surface area is 72.6 Å². The van der Waals surface area contributed by atoms with E-state index in [1.165, 1.54) is 7.05 Å². The molecule has 0 spiro atoms. The van der Waals surface area contributed by atoms with Crippen molar-refractivity contribution in [3.05, 3.63) is 22.2 Å². The molecule has 1 rings (SSSR count). The summed E-state index contributed by atoms with van der Waals surface area (Å²) in [5, 5.41) is 8.93. The quantitative estimate of drug-likeness (QED) is 0.409. The molecule has 0 aliphatic heterocycles. The van der Waals surface area contributed by atoms with Gasteiger partial charge in [0.25, 0.3) is 0 Å². The van der Waals surface area contributed by atoms with Crippen LogP contribution in [-0.2, 0) is 6.54 Å². The highest BCUT2D eigenvalue weighted by Gasteiger charge is 2.11. The van der Waals surface area contributed by atoms with Gasteiger partial charge in [-0.2, -0.15) is 4.98 Å². The summed E-state index contributed by atoms with van der Waals surface area (Å²) in [4.78, 5) is 17.1. The van der Waals surface area contributed by atoms with Gasteiger partial charge in [0.15, 0.2) is 5.82 Å². The van der Waals surface area contributed by atoms with E-state index in [0.29, 0.717) is 0 Å². The molecule has 1 heterocycles. The molecule has 1 N–H and O–H groups in total. The molecule has 0 aromatic carbocycles. The van der Waals surface area contributed by atoms with Gasteiger partial charge in [0.2, 0.25) is 0 Å². The molecule has 0 aliphatic carbocycles. The van der Waals surface area contributed by atoms with Gasteiger partial charge in [-0.1, -0.05) is 10.3 Å². The minimum Gasteiger partial charge on any atom is -0.351 e. The van der Waals surface area contributed by atoms with Crippen molar-refractivity contribution in [2.75, 3.05) is 7.05 Å². The number of rotatable bonds is 3. The molecule has 0 saturated carbocycles. The van der Waals surface area contributed by atoms with Crippen LogP contribution in [0.2, 0.25) is 0 Å². The first-order valence-electron chi connectivity index (χ1n) is 3.33. The molecular formula is C5H6N6O2. The Morgan fingerprint density at radius 2 is 2.62 bits per heavy atom. The summed E-state index contributed by atoms with van der Waals surface area (Å²) in [5.74, 6) is -0.443. The van der Waals surface area contributed by atoms with Crippen LogP contribution in [0, 0.1) is 0 Å². The molecule has 0 radical (unpaired) electrons. The summed E-state index contributed by atoms with van der Waals surface area (Å²) < 4.78 is 4.56. The molecule has 0 saturated heterocycles. The number of aromatic nitrogens is 2. The minimum absolute atomic E-state index is 0.0308. The zero-order valence-corrected chi connectivity index (χ0v) is 6.76. The number of azide groups is 1. The molecule has 8 heteroatoms. The smallest absolute Gasteiger partial charge is 0.315 e. The van der Waals surface area contributed by atoms with Gasteiger partial charge in [-0.3, -0.25) is 4.79 Å². The van der Waals surface area contributed by atoms with E-state index in [-0.39, 0.29) is 18.3 Å². The fourth-order valence-corrected chi connectivity index (χ4v) is 0.612. The number of carbonyl (C=O) groups excluding carboxylic acids is 1. The van der Waals surface area contributed by atoms with E-state index in [0.717, 1.165) is 0 Å². The Balaban J connectivity index is 2.74. The maximum atomic E-state index is 10.9. The first kappa shape index (κ1) is 9.01. The van der Waals surface area contributed by atoms with Crippen molar-refractivity contribution < 1.29 is 9.32 Å². The van der Waals surface area contributed by atoms with Crippen molar-refractivity contribution in [2.24, 2.45) is 5.11 Å². The highest BCUT2D eigenvalue weighted by atomic mass is 16.5. The molecular weight excluding hydrogens is 176 g/mol. The summed E-state index contributed by atoms with van der Waals surface area (Å²) >= 11 is 0. The van der Waals surface area contributed by atoms with Crippen molar-refractivity contribution in [2.45, 2.75) is 6.54 Å². The summed E-state index contributed by atoms with van der Waals surface area (Å²) in [6.45, 7) is -0.0308. The number of nitrogens with zero attached hydrogens (tertiary/aromatic N) is 5. The van der Waals surface area contributed by atoms with Crippen LogP contribution in [0.1, 0.15) is 16.5 Å². The number of hydrogen-bond acceptors (Lipinski definition) is 5. The lowest BCUT2D eigenvalue weighted by Gasteiger charge is -1.87. The average molecular weight is 182 g/mol. The largest absolute Gasteiger partial charge is 0.351 e. The van der Waals surface area contributed by atoms with Crippen LogP contribution in [0.4, 0.5) is 0 Å². The molecule has 0 aliphatic rings. The topological polar surface area (TPSA) is 117 Å².